The predicted molar refractivity (Wildman–Crippen MR) is 88.4 cm³/mol. The van der Waals surface area contributed by atoms with Crippen LogP contribution in [0.25, 0.3) is 0 Å². The highest BCUT2D eigenvalue weighted by atomic mass is 79.9. The third-order valence-electron chi connectivity index (χ3n) is 3.27. The van der Waals surface area contributed by atoms with Crippen LogP contribution in [-0.2, 0) is 6.42 Å². The second kappa shape index (κ2) is 7.01. The lowest BCUT2D eigenvalue weighted by Crippen LogP contribution is -2.34. The summed E-state index contributed by atoms with van der Waals surface area (Å²) in [5, 5.41) is 2.82. The third kappa shape index (κ3) is 4.37. The van der Waals surface area contributed by atoms with Gasteiger partial charge in [0.2, 0.25) is 0 Å². The molecule has 5 heteroatoms. The molecule has 0 aliphatic rings. The summed E-state index contributed by atoms with van der Waals surface area (Å²) >= 11 is 3.14. The van der Waals surface area contributed by atoms with Crippen LogP contribution in [0, 0.1) is 19.7 Å². The Morgan fingerprint density at radius 2 is 1.91 bits per heavy atom. The molecule has 1 heterocycles. The summed E-state index contributed by atoms with van der Waals surface area (Å²) in [5.74, 6) is -1.06. The molecule has 0 saturated heterocycles. The van der Waals surface area contributed by atoms with Crippen LogP contribution in [0.15, 0.2) is 35.1 Å². The molecule has 0 spiro atoms. The van der Waals surface area contributed by atoms with Gasteiger partial charge in [-0.2, -0.15) is 0 Å². The molecule has 1 aromatic heterocycles. The Balaban J connectivity index is 2.06. The summed E-state index contributed by atoms with van der Waals surface area (Å²) in [6, 6.07) is 7.59. The van der Waals surface area contributed by atoms with Gasteiger partial charge in [0.05, 0.1) is 11.8 Å². The highest BCUT2D eigenvalue weighted by Crippen LogP contribution is 2.14. The van der Waals surface area contributed by atoms with Crippen molar-refractivity contribution >= 4 is 21.8 Å². The number of nitrogens with zero attached hydrogens (tertiary/aromatic N) is 1. The van der Waals surface area contributed by atoms with Crippen LogP contribution in [0.2, 0.25) is 0 Å². The number of rotatable bonds is 4. The summed E-state index contributed by atoms with van der Waals surface area (Å²) < 4.78 is 14.1. The molecule has 1 aromatic carbocycles. The topological polar surface area (TPSA) is 42.0 Å². The molecule has 0 aliphatic carbocycles. The number of halogens is 2. The van der Waals surface area contributed by atoms with E-state index in [-0.39, 0.29) is 11.6 Å². The second-order valence-electron chi connectivity index (χ2n) is 5.56. The Kier molecular flexibility index (Phi) is 5.29. The van der Waals surface area contributed by atoms with E-state index in [1.54, 1.807) is 0 Å². The first-order valence-electron chi connectivity index (χ1n) is 7.04. The van der Waals surface area contributed by atoms with E-state index in [9.17, 15) is 9.18 Å². The Bertz CT molecular complexity index is 683. The lowest BCUT2D eigenvalue weighted by atomic mass is 10.0. The summed E-state index contributed by atoms with van der Waals surface area (Å²) in [6.45, 7) is 6.00. The molecule has 1 amide bonds. The lowest BCUT2D eigenvalue weighted by molar-refractivity contribution is 0.0936. The number of aryl methyl sites for hydroxylation is 2. The minimum atomic E-state index is -0.626. The van der Waals surface area contributed by atoms with Gasteiger partial charge in [0, 0.05) is 6.04 Å². The van der Waals surface area contributed by atoms with Crippen molar-refractivity contribution in [3.8, 4) is 0 Å². The van der Waals surface area contributed by atoms with Crippen molar-refractivity contribution in [1.29, 1.82) is 0 Å². The molecule has 0 aliphatic heterocycles. The summed E-state index contributed by atoms with van der Waals surface area (Å²) in [7, 11) is 0. The molecule has 3 nitrogen and oxygen atoms in total. The quantitative estimate of drug-likeness (QED) is 0.834. The van der Waals surface area contributed by atoms with E-state index in [0.717, 1.165) is 11.8 Å². The predicted octanol–water partition coefficient (Wildman–Crippen LogP) is 3.96. The maximum Gasteiger partial charge on any atom is 0.254 e. The highest BCUT2D eigenvalue weighted by Gasteiger charge is 2.15. The number of aromatic nitrogens is 1. The van der Waals surface area contributed by atoms with E-state index in [1.165, 1.54) is 17.2 Å². The van der Waals surface area contributed by atoms with Crippen LogP contribution in [0.1, 0.15) is 34.0 Å². The molecule has 0 saturated carbocycles. The van der Waals surface area contributed by atoms with Crippen molar-refractivity contribution in [1.82, 2.24) is 10.3 Å². The van der Waals surface area contributed by atoms with E-state index in [1.807, 2.05) is 20.8 Å². The fraction of sp³-hybridized carbons (Fsp3) is 0.294. The van der Waals surface area contributed by atoms with Gasteiger partial charge >= 0.3 is 0 Å². The van der Waals surface area contributed by atoms with Crippen LogP contribution in [0.5, 0.6) is 0 Å². The van der Waals surface area contributed by atoms with Crippen LogP contribution in [-0.4, -0.2) is 16.9 Å². The highest BCUT2D eigenvalue weighted by molar-refractivity contribution is 9.10. The number of hydrogen-bond donors (Lipinski definition) is 1. The molecule has 0 fully saturated rings. The van der Waals surface area contributed by atoms with Gasteiger partial charge in [0.25, 0.3) is 5.91 Å². The number of benzene rings is 1. The summed E-state index contributed by atoms with van der Waals surface area (Å²) in [5.41, 5.74) is 3.53. The van der Waals surface area contributed by atoms with E-state index >= 15 is 0 Å². The summed E-state index contributed by atoms with van der Waals surface area (Å²) in [4.78, 5) is 15.9. The molecule has 22 heavy (non-hydrogen) atoms. The molecule has 1 atom stereocenters. The average molecular weight is 365 g/mol. The number of pyridine rings is 1. The Labute approximate surface area is 138 Å². The Morgan fingerprint density at radius 1 is 1.27 bits per heavy atom. The minimum absolute atomic E-state index is 0.00542. The van der Waals surface area contributed by atoms with Crippen LogP contribution in [0.3, 0.4) is 0 Å². The van der Waals surface area contributed by atoms with Crippen LogP contribution >= 0.6 is 15.9 Å². The molecule has 2 aromatic rings. The van der Waals surface area contributed by atoms with Gasteiger partial charge in [-0.3, -0.25) is 4.79 Å². The summed E-state index contributed by atoms with van der Waals surface area (Å²) in [6.07, 6.45) is 1.73. The van der Waals surface area contributed by atoms with Crippen molar-refractivity contribution in [2.75, 3.05) is 0 Å². The monoisotopic (exact) mass is 364 g/mol. The van der Waals surface area contributed by atoms with E-state index in [4.69, 9.17) is 0 Å². The van der Waals surface area contributed by atoms with Gasteiger partial charge in [-0.1, -0.05) is 29.3 Å². The van der Waals surface area contributed by atoms with Gasteiger partial charge < -0.3 is 5.32 Å². The van der Waals surface area contributed by atoms with Crippen molar-refractivity contribution in [2.45, 2.75) is 33.2 Å². The second-order valence-corrected chi connectivity index (χ2v) is 6.37. The maximum absolute atomic E-state index is 13.7. The molecular formula is C17H18BrFN2O. The van der Waals surface area contributed by atoms with Crippen molar-refractivity contribution < 1.29 is 9.18 Å². The van der Waals surface area contributed by atoms with Crippen LogP contribution < -0.4 is 5.32 Å². The smallest absolute Gasteiger partial charge is 0.254 e. The average Bonchev–Trinajstić information content (AvgIpc) is 2.39. The standard InChI is InChI=1S/C17H18BrFN2O/c1-10-4-11(2)6-13(5-10)7-12(3)21-17(22)14-8-16(18)20-9-15(14)19/h4-6,8-9,12H,7H2,1-3H3,(H,21,22)/t12-/m1/s1. The number of amides is 1. The zero-order chi connectivity index (χ0) is 16.3. The number of nitrogens with one attached hydrogen (secondary N) is 1. The molecule has 0 radical (unpaired) electrons. The van der Waals surface area contributed by atoms with E-state index in [0.29, 0.717) is 11.0 Å². The SMILES string of the molecule is Cc1cc(C)cc(C[C@@H](C)NC(=O)c2cc(Br)ncc2F)c1. The normalized spacial score (nSPS) is 12.0. The van der Waals surface area contributed by atoms with Gasteiger partial charge in [-0.25, -0.2) is 9.37 Å². The Morgan fingerprint density at radius 3 is 2.55 bits per heavy atom. The molecule has 116 valence electrons. The van der Waals surface area contributed by atoms with Gasteiger partial charge in [-0.05, 0) is 54.8 Å². The third-order valence-corrected chi connectivity index (χ3v) is 3.70. The largest absolute Gasteiger partial charge is 0.349 e. The lowest BCUT2D eigenvalue weighted by Gasteiger charge is -2.15. The van der Waals surface area contributed by atoms with E-state index in [2.05, 4.69) is 44.4 Å². The first-order valence-corrected chi connectivity index (χ1v) is 7.83. The minimum Gasteiger partial charge on any atom is -0.349 e. The molecular weight excluding hydrogens is 347 g/mol. The number of hydrogen-bond acceptors (Lipinski definition) is 2. The fourth-order valence-electron chi connectivity index (χ4n) is 2.48. The van der Waals surface area contributed by atoms with Crippen molar-refractivity contribution in [3.63, 3.8) is 0 Å². The molecule has 0 unspecified atom stereocenters. The molecule has 2 rings (SSSR count). The first kappa shape index (κ1) is 16.6. The Hall–Kier alpha value is -1.75. The van der Waals surface area contributed by atoms with Crippen molar-refractivity contribution in [2.24, 2.45) is 0 Å². The van der Waals surface area contributed by atoms with E-state index < -0.39 is 11.7 Å². The zero-order valence-corrected chi connectivity index (χ0v) is 14.4. The fourth-order valence-corrected chi connectivity index (χ4v) is 2.81. The number of carbonyl (C=O) groups is 1. The number of carbonyl (C=O) groups excluding carboxylic acids is 1. The van der Waals surface area contributed by atoms with Gasteiger partial charge in [0.15, 0.2) is 5.82 Å². The van der Waals surface area contributed by atoms with Gasteiger partial charge in [-0.15, -0.1) is 0 Å². The van der Waals surface area contributed by atoms with Gasteiger partial charge in [0.1, 0.15) is 4.60 Å². The van der Waals surface area contributed by atoms with Crippen molar-refractivity contribution in [3.05, 3.63) is 63.1 Å². The first-order chi connectivity index (χ1) is 10.3. The van der Waals surface area contributed by atoms with Crippen LogP contribution in [0.4, 0.5) is 4.39 Å². The zero-order valence-electron chi connectivity index (χ0n) is 12.8. The molecule has 0 bridgehead atoms. The molecule has 1 N–H and O–H groups in total. The maximum atomic E-state index is 13.7.